The molecule has 2 heterocycles. The van der Waals surface area contributed by atoms with Gasteiger partial charge in [-0.25, -0.2) is 9.79 Å². The van der Waals surface area contributed by atoms with Gasteiger partial charge >= 0.3 is 5.97 Å². The van der Waals surface area contributed by atoms with Gasteiger partial charge < -0.3 is 14.2 Å². The summed E-state index contributed by atoms with van der Waals surface area (Å²) in [6.07, 6.45) is 1.87. The smallest absolute Gasteiger partial charge is 0.338 e. The molecular weight excluding hydrogens is 826 g/mol. The maximum Gasteiger partial charge on any atom is 0.338 e. The zero-order chi connectivity index (χ0) is 32.4. The summed E-state index contributed by atoms with van der Waals surface area (Å²) in [5, 5.41) is 2.35. The Labute approximate surface area is 297 Å². The first-order valence-electron chi connectivity index (χ1n) is 14.8. The highest BCUT2D eigenvalue weighted by Crippen LogP contribution is 2.36. The summed E-state index contributed by atoms with van der Waals surface area (Å²) in [5.41, 5.74) is 3.28. The van der Waals surface area contributed by atoms with Crippen molar-refractivity contribution in [2.75, 3.05) is 13.2 Å². The lowest BCUT2D eigenvalue weighted by atomic mass is 9.95. The van der Waals surface area contributed by atoms with E-state index in [4.69, 9.17) is 19.2 Å². The molecule has 7 nitrogen and oxygen atoms in total. The first-order valence-corrected chi connectivity index (χ1v) is 17.8. The lowest BCUT2D eigenvalue weighted by Crippen LogP contribution is -2.40. The summed E-state index contributed by atoms with van der Waals surface area (Å²) in [6, 6.07) is 25.3. The molecule has 0 saturated heterocycles. The van der Waals surface area contributed by atoms with Gasteiger partial charge in [0.2, 0.25) is 0 Å². The standard InChI is InChI=1S/C36H30I2N2O5S/c1-4-43-29-16-9-8-15-26(29)32-31(35(42)44-5-2)21(3)39-36-40(32)34(41)30(46-36)19-22-17-27(37)33(28(38)18-22)45-20-24-13-10-12-23-11-6-7-14-25(23)24/h6-19,32H,4-5,20H2,1-3H3/b30-19-/t32-/m1/s1. The molecule has 10 heteroatoms. The number of nitrogens with zero attached hydrogens (tertiary/aromatic N) is 2. The van der Waals surface area contributed by atoms with Crippen molar-refractivity contribution in [3.63, 3.8) is 0 Å². The minimum Gasteiger partial charge on any atom is -0.494 e. The summed E-state index contributed by atoms with van der Waals surface area (Å²) in [7, 11) is 0. The minimum absolute atomic E-state index is 0.207. The molecule has 6 rings (SSSR count). The molecule has 0 N–H and O–H groups in total. The summed E-state index contributed by atoms with van der Waals surface area (Å²) < 4.78 is 21.7. The Morgan fingerprint density at radius 3 is 2.43 bits per heavy atom. The van der Waals surface area contributed by atoms with Crippen LogP contribution in [-0.4, -0.2) is 23.8 Å². The van der Waals surface area contributed by atoms with Gasteiger partial charge in [0.1, 0.15) is 24.1 Å². The number of hydrogen-bond acceptors (Lipinski definition) is 7. The maximum absolute atomic E-state index is 14.1. The van der Waals surface area contributed by atoms with Gasteiger partial charge in [-0.2, -0.15) is 0 Å². The number of fused-ring (bicyclic) bond motifs is 2. The first-order chi connectivity index (χ1) is 22.3. The fourth-order valence-electron chi connectivity index (χ4n) is 5.60. The van der Waals surface area contributed by atoms with Crippen LogP contribution in [0.4, 0.5) is 0 Å². The number of carbonyl (C=O) groups is 1. The molecule has 0 spiro atoms. The molecule has 0 bridgehead atoms. The zero-order valence-corrected chi connectivity index (χ0v) is 30.5. The van der Waals surface area contributed by atoms with Gasteiger partial charge in [-0.1, -0.05) is 72.0 Å². The molecule has 0 saturated carbocycles. The second-order valence-corrected chi connectivity index (χ2v) is 13.8. The molecule has 1 aliphatic rings. The highest BCUT2D eigenvalue weighted by molar-refractivity contribution is 14.1. The molecule has 0 amide bonds. The number of para-hydroxylation sites is 1. The summed E-state index contributed by atoms with van der Waals surface area (Å²) >= 11 is 5.86. The van der Waals surface area contributed by atoms with E-state index >= 15 is 0 Å². The summed E-state index contributed by atoms with van der Waals surface area (Å²) in [5.74, 6) is 0.900. The van der Waals surface area contributed by atoms with E-state index in [1.54, 1.807) is 18.4 Å². The van der Waals surface area contributed by atoms with Crippen LogP contribution in [0, 0.1) is 7.14 Å². The largest absolute Gasteiger partial charge is 0.494 e. The van der Waals surface area contributed by atoms with Gasteiger partial charge in [-0.15, -0.1) is 0 Å². The Bertz CT molecular complexity index is 2160. The molecule has 1 atom stereocenters. The van der Waals surface area contributed by atoms with Crippen LogP contribution in [-0.2, 0) is 16.1 Å². The number of allylic oxidation sites excluding steroid dienone is 1. The van der Waals surface area contributed by atoms with E-state index in [1.165, 1.54) is 22.1 Å². The van der Waals surface area contributed by atoms with Crippen molar-refractivity contribution in [3.05, 3.63) is 134 Å². The average molecular weight is 857 g/mol. The first kappa shape index (κ1) is 32.5. The number of aromatic nitrogens is 1. The Morgan fingerprint density at radius 1 is 0.957 bits per heavy atom. The fraction of sp³-hybridized carbons (Fsp3) is 0.194. The van der Waals surface area contributed by atoms with Crippen molar-refractivity contribution < 1.29 is 19.0 Å². The highest BCUT2D eigenvalue weighted by atomic mass is 127. The van der Waals surface area contributed by atoms with Crippen LogP contribution in [0.25, 0.3) is 16.8 Å². The Morgan fingerprint density at radius 2 is 1.67 bits per heavy atom. The van der Waals surface area contributed by atoms with Crippen molar-refractivity contribution in [3.8, 4) is 11.5 Å². The van der Waals surface area contributed by atoms with Gasteiger partial charge in [0.15, 0.2) is 4.80 Å². The predicted molar refractivity (Wildman–Crippen MR) is 198 cm³/mol. The highest BCUT2D eigenvalue weighted by Gasteiger charge is 2.35. The van der Waals surface area contributed by atoms with Gasteiger partial charge in [-0.3, -0.25) is 9.36 Å². The molecule has 1 aliphatic heterocycles. The van der Waals surface area contributed by atoms with E-state index in [2.05, 4.69) is 69.4 Å². The number of benzene rings is 4. The maximum atomic E-state index is 14.1. The van der Waals surface area contributed by atoms with Crippen molar-refractivity contribution in [2.24, 2.45) is 4.99 Å². The van der Waals surface area contributed by atoms with E-state index in [1.807, 2.05) is 67.6 Å². The molecule has 0 aliphatic carbocycles. The van der Waals surface area contributed by atoms with Crippen LogP contribution >= 0.6 is 56.5 Å². The van der Waals surface area contributed by atoms with Gasteiger partial charge in [-0.05, 0) is 112 Å². The van der Waals surface area contributed by atoms with Crippen LogP contribution in [0.3, 0.4) is 0 Å². The molecule has 0 radical (unpaired) electrons. The third-order valence-electron chi connectivity index (χ3n) is 7.60. The number of halogens is 2. The third kappa shape index (κ3) is 6.39. The number of esters is 1. The number of ether oxygens (including phenoxy) is 3. The van der Waals surface area contributed by atoms with Crippen molar-refractivity contribution in [1.82, 2.24) is 4.57 Å². The summed E-state index contributed by atoms with van der Waals surface area (Å²) in [4.78, 5) is 32.6. The fourth-order valence-corrected chi connectivity index (χ4v) is 8.77. The monoisotopic (exact) mass is 856 g/mol. The molecule has 5 aromatic rings. The lowest BCUT2D eigenvalue weighted by molar-refractivity contribution is -0.139. The molecule has 0 fully saturated rings. The SMILES string of the molecule is CCOC(=O)C1=C(C)N=c2s/c(=C\c3cc(I)c(OCc4cccc5ccccc45)c(I)c3)c(=O)n2[C@@H]1c1ccccc1OCC. The second kappa shape index (κ2) is 14.1. The van der Waals surface area contributed by atoms with E-state index in [9.17, 15) is 9.59 Å². The van der Waals surface area contributed by atoms with Crippen molar-refractivity contribution >= 4 is 79.3 Å². The van der Waals surface area contributed by atoms with Crippen LogP contribution < -0.4 is 24.4 Å². The number of rotatable bonds is 9. The third-order valence-corrected chi connectivity index (χ3v) is 10.2. The molecular formula is C36H30I2N2O5S. The minimum atomic E-state index is -0.745. The Kier molecular flexibility index (Phi) is 9.95. The molecule has 4 aromatic carbocycles. The molecule has 0 unspecified atom stereocenters. The van der Waals surface area contributed by atoms with Gasteiger partial charge in [0.05, 0.1) is 36.2 Å². The van der Waals surface area contributed by atoms with E-state index in [-0.39, 0.29) is 12.2 Å². The molecule has 1 aromatic heterocycles. The number of carbonyl (C=O) groups excluding carboxylic acids is 1. The second-order valence-electron chi connectivity index (χ2n) is 10.5. The molecule has 234 valence electrons. The van der Waals surface area contributed by atoms with Crippen LogP contribution in [0.15, 0.2) is 99.9 Å². The van der Waals surface area contributed by atoms with Crippen molar-refractivity contribution in [2.45, 2.75) is 33.4 Å². The van der Waals surface area contributed by atoms with E-state index in [0.29, 0.717) is 45.1 Å². The Balaban J connectivity index is 1.39. The van der Waals surface area contributed by atoms with Crippen LogP contribution in [0.1, 0.15) is 43.5 Å². The lowest BCUT2D eigenvalue weighted by Gasteiger charge is -2.26. The summed E-state index contributed by atoms with van der Waals surface area (Å²) in [6.45, 7) is 6.53. The van der Waals surface area contributed by atoms with Crippen molar-refractivity contribution in [1.29, 1.82) is 0 Å². The van der Waals surface area contributed by atoms with Gasteiger partial charge in [0, 0.05) is 5.56 Å². The molecule has 46 heavy (non-hydrogen) atoms. The number of hydrogen-bond donors (Lipinski definition) is 0. The Hall–Kier alpha value is -3.49. The zero-order valence-electron chi connectivity index (χ0n) is 25.4. The topological polar surface area (TPSA) is 79.1 Å². The van der Waals surface area contributed by atoms with Gasteiger partial charge in [0.25, 0.3) is 5.56 Å². The van der Waals surface area contributed by atoms with Crippen LogP contribution in [0.2, 0.25) is 0 Å². The van der Waals surface area contributed by atoms with Crippen LogP contribution in [0.5, 0.6) is 11.5 Å². The van der Waals surface area contributed by atoms with E-state index < -0.39 is 12.0 Å². The van der Waals surface area contributed by atoms with E-state index in [0.717, 1.165) is 24.0 Å². The average Bonchev–Trinajstić information content (AvgIpc) is 3.34. The number of thiazole rings is 1. The normalized spacial score (nSPS) is 14.6. The quantitative estimate of drug-likeness (QED) is 0.117. The predicted octanol–water partition coefficient (Wildman–Crippen LogP) is 7.14.